The van der Waals surface area contributed by atoms with Crippen molar-refractivity contribution in [3.05, 3.63) is 65.1 Å². The Kier molecular flexibility index (Phi) is 5.99. The molecule has 10 heteroatoms. The number of aromatic hydroxyl groups is 1. The molecule has 0 unspecified atom stereocenters. The van der Waals surface area contributed by atoms with Crippen molar-refractivity contribution < 1.29 is 19.4 Å². The average molecular weight is 537 g/mol. The molecule has 5 rings (SSSR count). The van der Waals surface area contributed by atoms with Gasteiger partial charge in [0.1, 0.15) is 5.01 Å². The van der Waals surface area contributed by atoms with E-state index in [0.717, 1.165) is 25.3 Å². The van der Waals surface area contributed by atoms with Crippen molar-refractivity contribution in [2.45, 2.75) is 0 Å². The normalized spacial score (nSPS) is 11.5. The number of H-pyrrole nitrogens is 1. The summed E-state index contributed by atoms with van der Waals surface area (Å²) in [6, 6.07) is 18.7. The number of thiazole rings is 1. The molecule has 2 aromatic heterocycles. The van der Waals surface area contributed by atoms with Gasteiger partial charge in [-0.1, -0.05) is 28.1 Å². The van der Waals surface area contributed by atoms with E-state index in [1.807, 2.05) is 36.4 Å². The molecule has 170 valence electrons. The number of rotatable bonds is 6. The largest absolute Gasteiger partial charge is 0.493 e. The molecule has 5 aromatic rings. The minimum atomic E-state index is -0.615. The Hall–Kier alpha value is -3.76. The van der Waals surface area contributed by atoms with Crippen LogP contribution >= 0.6 is 27.3 Å². The zero-order chi connectivity index (χ0) is 23.7. The molecule has 0 fully saturated rings. The van der Waals surface area contributed by atoms with Crippen LogP contribution in [-0.2, 0) is 4.79 Å². The van der Waals surface area contributed by atoms with Gasteiger partial charge in [-0.3, -0.25) is 4.79 Å². The minimum Gasteiger partial charge on any atom is -0.493 e. The summed E-state index contributed by atoms with van der Waals surface area (Å²) in [5.74, 6) is 0.0855. The fourth-order valence-electron chi connectivity index (χ4n) is 3.43. The lowest BCUT2D eigenvalue weighted by Gasteiger charge is -2.10. The third-order valence-electron chi connectivity index (χ3n) is 5.03. The number of para-hydroxylation sites is 1. The fourth-order valence-corrected chi connectivity index (χ4v) is 4.75. The van der Waals surface area contributed by atoms with Crippen molar-refractivity contribution in [1.29, 1.82) is 0 Å². The van der Waals surface area contributed by atoms with Crippen LogP contribution in [0.4, 0.5) is 5.69 Å². The average Bonchev–Trinajstić information content (AvgIpc) is 3.41. The SMILES string of the molecule is COc1ccc(-c2nc3ccccc3s2)cc1OCC(=O)N=Nc1c(O)[nH]c2ccc(Br)cc12. The van der Waals surface area contributed by atoms with Gasteiger partial charge in [0.15, 0.2) is 23.8 Å². The summed E-state index contributed by atoms with van der Waals surface area (Å²) in [7, 11) is 1.53. The van der Waals surface area contributed by atoms with E-state index in [1.165, 1.54) is 7.11 Å². The molecule has 8 nitrogen and oxygen atoms in total. The second-order valence-electron chi connectivity index (χ2n) is 7.25. The monoisotopic (exact) mass is 536 g/mol. The predicted octanol–water partition coefficient (Wildman–Crippen LogP) is 6.61. The minimum absolute atomic E-state index is 0.171. The van der Waals surface area contributed by atoms with E-state index < -0.39 is 5.91 Å². The zero-order valence-electron chi connectivity index (χ0n) is 17.8. The van der Waals surface area contributed by atoms with Gasteiger partial charge in [-0.2, -0.15) is 0 Å². The Bertz CT molecular complexity index is 1530. The summed E-state index contributed by atoms with van der Waals surface area (Å²) < 4.78 is 13.0. The highest BCUT2D eigenvalue weighted by Gasteiger charge is 2.14. The topological polar surface area (TPSA) is 109 Å². The molecule has 3 aromatic carbocycles. The van der Waals surface area contributed by atoms with E-state index in [1.54, 1.807) is 35.6 Å². The van der Waals surface area contributed by atoms with Crippen molar-refractivity contribution >= 4 is 60.0 Å². The molecule has 0 bridgehead atoms. The number of methoxy groups -OCH3 is 1. The summed E-state index contributed by atoms with van der Waals surface area (Å²) in [5.41, 5.74) is 2.62. The highest BCUT2D eigenvalue weighted by Crippen LogP contribution is 2.38. The van der Waals surface area contributed by atoms with Gasteiger partial charge >= 0.3 is 5.91 Å². The van der Waals surface area contributed by atoms with E-state index in [4.69, 9.17) is 9.47 Å². The van der Waals surface area contributed by atoms with Gasteiger partial charge in [0, 0.05) is 15.4 Å². The molecule has 0 saturated heterocycles. The highest BCUT2D eigenvalue weighted by molar-refractivity contribution is 9.10. The molecule has 0 atom stereocenters. The molecular formula is C24H17BrN4O4S. The molecule has 34 heavy (non-hydrogen) atoms. The molecule has 0 spiro atoms. The molecule has 1 amide bonds. The summed E-state index contributed by atoms with van der Waals surface area (Å²) in [4.78, 5) is 19.8. The first-order valence-electron chi connectivity index (χ1n) is 10.1. The Balaban J connectivity index is 1.34. The van der Waals surface area contributed by atoms with Crippen LogP contribution in [0, 0.1) is 0 Å². The zero-order valence-corrected chi connectivity index (χ0v) is 20.2. The van der Waals surface area contributed by atoms with Crippen molar-refractivity contribution in [3.63, 3.8) is 0 Å². The Morgan fingerprint density at radius 3 is 2.82 bits per heavy atom. The van der Waals surface area contributed by atoms with E-state index in [9.17, 15) is 9.90 Å². The Labute approximate surface area is 206 Å². The molecule has 2 N–H and O–H groups in total. The van der Waals surface area contributed by atoms with E-state index in [0.29, 0.717) is 22.4 Å². The van der Waals surface area contributed by atoms with Crippen molar-refractivity contribution in [1.82, 2.24) is 9.97 Å². The van der Waals surface area contributed by atoms with E-state index >= 15 is 0 Å². The van der Waals surface area contributed by atoms with Crippen LogP contribution in [0.5, 0.6) is 17.4 Å². The number of amides is 1. The van der Waals surface area contributed by atoms with Gasteiger partial charge in [-0.25, -0.2) is 4.98 Å². The molecule has 2 heterocycles. The second kappa shape index (κ2) is 9.24. The fraction of sp³-hybridized carbons (Fsp3) is 0.0833. The van der Waals surface area contributed by atoms with Crippen LogP contribution < -0.4 is 9.47 Å². The number of hydrogen-bond acceptors (Lipinski definition) is 7. The molecule has 0 radical (unpaired) electrons. The highest BCUT2D eigenvalue weighted by atomic mass is 79.9. The number of aromatic nitrogens is 2. The lowest BCUT2D eigenvalue weighted by molar-refractivity contribution is -0.120. The number of nitrogens with zero attached hydrogens (tertiary/aromatic N) is 3. The first-order chi connectivity index (χ1) is 16.5. The van der Waals surface area contributed by atoms with E-state index in [2.05, 4.69) is 36.1 Å². The van der Waals surface area contributed by atoms with E-state index in [-0.39, 0.29) is 18.2 Å². The second-order valence-corrected chi connectivity index (χ2v) is 9.19. The number of ether oxygens (including phenoxy) is 2. The maximum Gasteiger partial charge on any atom is 0.302 e. The summed E-state index contributed by atoms with van der Waals surface area (Å²) in [5, 5.41) is 19.2. The number of halogens is 1. The standard InChI is InChI=1S/C24H17BrN4O4S/c1-32-18-9-6-13(24-27-17-4-2-3-5-20(17)34-24)10-19(18)33-12-21(30)28-29-22-15-11-14(25)7-8-16(15)26-23(22)31/h2-11,26,31H,12H2,1H3. The number of fused-ring (bicyclic) bond motifs is 2. The first kappa shape index (κ1) is 22.1. The lowest BCUT2D eigenvalue weighted by Crippen LogP contribution is -2.08. The summed E-state index contributed by atoms with van der Waals surface area (Å²) in [6.45, 7) is -0.351. The smallest absolute Gasteiger partial charge is 0.302 e. The number of carbonyl (C=O) groups excluding carboxylic acids is 1. The quantitative estimate of drug-likeness (QED) is 0.237. The lowest BCUT2D eigenvalue weighted by atomic mass is 10.2. The number of azo groups is 1. The first-order valence-corrected chi connectivity index (χ1v) is 11.7. The van der Waals surface area contributed by atoms with Crippen LogP contribution in [0.1, 0.15) is 0 Å². The van der Waals surface area contributed by atoms with Crippen molar-refractivity contribution in [3.8, 4) is 28.0 Å². The van der Waals surface area contributed by atoms with Gasteiger partial charge in [-0.15, -0.1) is 21.6 Å². The van der Waals surface area contributed by atoms with Crippen LogP contribution in [-0.4, -0.2) is 34.7 Å². The van der Waals surface area contributed by atoms with Gasteiger partial charge in [0.25, 0.3) is 0 Å². The maximum absolute atomic E-state index is 12.4. The van der Waals surface area contributed by atoms with Crippen molar-refractivity contribution in [2.24, 2.45) is 10.2 Å². The van der Waals surface area contributed by atoms with Gasteiger partial charge < -0.3 is 19.6 Å². The molecular weight excluding hydrogens is 520 g/mol. The van der Waals surface area contributed by atoms with Gasteiger partial charge in [0.2, 0.25) is 5.88 Å². The number of nitrogens with one attached hydrogen (secondary N) is 1. The van der Waals surface area contributed by atoms with Gasteiger partial charge in [-0.05, 0) is 48.5 Å². The van der Waals surface area contributed by atoms with Crippen LogP contribution in [0.25, 0.3) is 31.7 Å². The van der Waals surface area contributed by atoms with Crippen LogP contribution in [0.3, 0.4) is 0 Å². The number of benzene rings is 3. The molecule has 0 aliphatic heterocycles. The number of hydrogen-bond donors (Lipinski definition) is 2. The Morgan fingerprint density at radius 2 is 2.00 bits per heavy atom. The van der Waals surface area contributed by atoms with Crippen molar-refractivity contribution in [2.75, 3.05) is 13.7 Å². The molecule has 0 aliphatic carbocycles. The maximum atomic E-state index is 12.4. The third-order valence-corrected chi connectivity index (χ3v) is 6.61. The summed E-state index contributed by atoms with van der Waals surface area (Å²) in [6.07, 6.45) is 0. The Morgan fingerprint density at radius 1 is 1.15 bits per heavy atom. The number of carbonyl (C=O) groups is 1. The van der Waals surface area contributed by atoms with Gasteiger partial charge in [0.05, 0.1) is 22.8 Å². The number of aromatic amines is 1. The van der Waals surface area contributed by atoms with Crippen LogP contribution in [0.2, 0.25) is 0 Å². The molecule has 0 saturated carbocycles. The summed E-state index contributed by atoms with van der Waals surface area (Å²) >= 11 is 4.95. The molecule has 0 aliphatic rings. The predicted molar refractivity (Wildman–Crippen MR) is 134 cm³/mol. The van der Waals surface area contributed by atoms with Crippen LogP contribution in [0.15, 0.2) is 75.4 Å². The third kappa shape index (κ3) is 4.37.